The van der Waals surface area contributed by atoms with E-state index in [0.29, 0.717) is 6.42 Å². The van der Waals surface area contributed by atoms with E-state index in [0.717, 1.165) is 7.11 Å². The van der Waals surface area contributed by atoms with Crippen molar-refractivity contribution in [2.45, 2.75) is 36.0 Å². The lowest BCUT2D eigenvalue weighted by atomic mass is 10.2. The molecule has 1 heterocycles. The Morgan fingerprint density at radius 2 is 1.92 bits per heavy atom. The van der Waals surface area contributed by atoms with Gasteiger partial charge in [-0.05, 0) is 31.9 Å². The number of Topliss-reactive ketones (excluding diaryl/α,β-unsaturated/α-hetero) is 1. The first-order valence-electron chi connectivity index (χ1n) is 7.45. The summed E-state index contributed by atoms with van der Waals surface area (Å²) in [6, 6.07) is 7.74. The van der Waals surface area contributed by atoms with Gasteiger partial charge in [0, 0.05) is 6.54 Å². The maximum absolute atomic E-state index is 13.3. The van der Waals surface area contributed by atoms with Gasteiger partial charge in [-0.2, -0.15) is 0 Å². The summed E-state index contributed by atoms with van der Waals surface area (Å²) >= 11 is 5.26. The van der Waals surface area contributed by atoms with Crippen molar-refractivity contribution in [3.8, 4) is 0 Å². The Morgan fingerprint density at radius 1 is 1.29 bits per heavy atom. The van der Waals surface area contributed by atoms with E-state index in [1.807, 2.05) is 0 Å². The second-order valence-electron chi connectivity index (χ2n) is 5.62. The zero-order valence-electron chi connectivity index (χ0n) is 13.5. The molecule has 0 radical (unpaired) electrons. The number of sulfone groups is 1. The third-order valence-electron chi connectivity index (χ3n) is 4.04. The van der Waals surface area contributed by atoms with Crippen molar-refractivity contribution in [3.05, 3.63) is 30.3 Å². The number of carbonyl (C=O) groups excluding carboxylic acids is 2. The maximum atomic E-state index is 13.3. The van der Waals surface area contributed by atoms with Crippen molar-refractivity contribution >= 4 is 38.8 Å². The van der Waals surface area contributed by atoms with Crippen LogP contribution < -0.4 is 0 Å². The highest BCUT2D eigenvalue weighted by Gasteiger charge is 2.60. The first kappa shape index (κ1) is 18.5. The van der Waals surface area contributed by atoms with E-state index < -0.39 is 20.7 Å². The van der Waals surface area contributed by atoms with Crippen LogP contribution in [0.5, 0.6) is 0 Å². The minimum absolute atomic E-state index is 0.0212. The topological polar surface area (TPSA) is 80.8 Å². The predicted molar refractivity (Wildman–Crippen MR) is 92.2 cm³/mol. The van der Waals surface area contributed by atoms with Gasteiger partial charge in [-0.1, -0.05) is 30.4 Å². The van der Waals surface area contributed by atoms with Gasteiger partial charge in [0.05, 0.1) is 23.4 Å². The summed E-state index contributed by atoms with van der Waals surface area (Å²) in [6.07, 6.45) is 0.437. The largest absolute Gasteiger partial charge is 0.466 e. The van der Waals surface area contributed by atoms with Crippen LogP contribution in [0.15, 0.2) is 35.2 Å². The second kappa shape index (κ2) is 6.98. The number of thiocarbonyl (C=S) groups is 1. The molecule has 1 aromatic carbocycles. The van der Waals surface area contributed by atoms with Gasteiger partial charge in [0.1, 0.15) is 5.78 Å². The van der Waals surface area contributed by atoms with Crippen LogP contribution in [0.2, 0.25) is 0 Å². The molecule has 1 atom stereocenters. The van der Waals surface area contributed by atoms with E-state index in [2.05, 4.69) is 0 Å². The lowest BCUT2D eigenvalue weighted by Gasteiger charge is -2.36. The Balaban J connectivity index is 2.61. The van der Waals surface area contributed by atoms with E-state index in [-0.39, 0.29) is 35.1 Å². The molecule has 0 amide bonds. The van der Waals surface area contributed by atoms with E-state index in [1.165, 1.54) is 24.0 Å². The number of benzene rings is 1. The molecule has 1 saturated heterocycles. The quantitative estimate of drug-likeness (QED) is 0.577. The summed E-state index contributed by atoms with van der Waals surface area (Å²) in [5, 5.41) is 0. The highest BCUT2D eigenvalue weighted by Crippen LogP contribution is 2.40. The molecule has 0 aliphatic carbocycles. The van der Waals surface area contributed by atoms with Gasteiger partial charge in [-0.3, -0.25) is 4.79 Å². The molecule has 0 N–H and O–H groups in total. The van der Waals surface area contributed by atoms with Crippen LogP contribution >= 0.6 is 12.2 Å². The number of methoxy groups -OCH3 is 1. The zero-order chi connectivity index (χ0) is 18.0. The third kappa shape index (κ3) is 2.95. The lowest BCUT2D eigenvalue weighted by molar-refractivity contribution is -0.146. The van der Waals surface area contributed by atoms with Crippen LogP contribution in [0.3, 0.4) is 0 Å². The molecule has 24 heavy (non-hydrogen) atoms. The Bertz CT molecular complexity index is 760. The van der Waals surface area contributed by atoms with Gasteiger partial charge < -0.3 is 9.64 Å². The van der Waals surface area contributed by atoms with Crippen LogP contribution in [0.1, 0.15) is 26.2 Å². The smallest absolute Gasteiger partial charge is 0.348 e. The van der Waals surface area contributed by atoms with Crippen molar-refractivity contribution in [3.63, 3.8) is 0 Å². The number of nitrogens with zero attached hydrogens (tertiary/aromatic N) is 1. The van der Waals surface area contributed by atoms with E-state index in [9.17, 15) is 18.0 Å². The van der Waals surface area contributed by atoms with Crippen LogP contribution in [-0.2, 0) is 24.2 Å². The van der Waals surface area contributed by atoms with Crippen molar-refractivity contribution in [1.82, 2.24) is 4.90 Å². The monoisotopic (exact) mass is 369 g/mol. The van der Waals surface area contributed by atoms with Gasteiger partial charge in [-0.25, -0.2) is 13.2 Å². The number of carbonyl (C=O) groups is 2. The minimum atomic E-state index is -4.09. The highest BCUT2D eigenvalue weighted by atomic mass is 32.2. The molecule has 1 aromatic rings. The first-order chi connectivity index (χ1) is 11.3. The molecular formula is C16H19NO5S2. The SMILES string of the molecule is COC(=O)[C@@]1(S(=O)(=O)c2ccccc2)CCCN1C(=S)CC(C)=O. The standard InChI is InChI=1S/C16H19NO5S2/c1-12(18)11-14(23)17-10-6-9-16(17,15(19)22-2)24(20,21)13-7-4-3-5-8-13/h3-5,7-8H,6,9-11H2,1-2H3/t16-/m0/s1. The Labute approximate surface area is 146 Å². The van der Waals surface area contributed by atoms with Crippen LogP contribution in [0.25, 0.3) is 0 Å². The normalized spacial score (nSPS) is 20.7. The summed E-state index contributed by atoms with van der Waals surface area (Å²) in [6.45, 7) is 1.65. The molecule has 1 aliphatic heterocycles. The van der Waals surface area contributed by atoms with E-state index in [1.54, 1.807) is 18.2 Å². The van der Waals surface area contributed by atoms with Crippen molar-refractivity contribution in [2.24, 2.45) is 0 Å². The summed E-state index contributed by atoms with van der Waals surface area (Å²) in [5.41, 5.74) is 0. The molecule has 6 nitrogen and oxygen atoms in total. The van der Waals surface area contributed by atoms with Crippen molar-refractivity contribution in [1.29, 1.82) is 0 Å². The second-order valence-corrected chi connectivity index (χ2v) is 8.25. The van der Waals surface area contributed by atoms with Crippen LogP contribution in [0, 0.1) is 0 Å². The van der Waals surface area contributed by atoms with Gasteiger partial charge >= 0.3 is 5.97 Å². The molecule has 1 fully saturated rings. The molecule has 0 spiro atoms. The van der Waals surface area contributed by atoms with Gasteiger partial charge in [0.25, 0.3) is 0 Å². The lowest BCUT2D eigenvalue weighted by Crippen LogP contribution is -2.58. The summed E-state index contributed by atoms with van der Waals surface area (Å²) in [4.78, 5) is 23.6. The van der Waals surface area contributed by atoms with E-state index in [4.69, 9.17) is 17.0 Å². The van der Waals surface area contributed by atoms with Gasteiger partial charge in [0.15, 0.2) is 0 Å². The molecule has 0 saturated carbocycles. The van der Waals surface area contributed by atoms with Gasteiger partial charge in [-0.15, -0.1) is 0 Å². The summed E-state index contributed by atoms with van der Waals surface area (Å²) < 4.78 is 31.4. The number of rotatable bonds is 5. The molecule has 130 valence electrons. The molecular weight excluding hydrogens is 350 g/mol. The molecule has 2 rings (SSSR count). The zero-order valence-corrected chi connectivity index (χ0v) is 15.2. The number of likely N-dealkylation sites (tertiary alicyclic amines) is 1. The predicted octanol–water partition coefficient (Wildman–Crippen LogP) is 1.73. The minimum Gasteiger partial charge on any atom is -0.466 e. The fourth-order valence-electron chi connectivity index (χ4n) is 2.98. The number of hydrogen-bond donors (Lipinski definition) is 0. The third-order valence-corrected chi connectivity index (χ3v) is 6.77. The van der Waals surface area contributed by atoms with Crippen LogP contribution in [0.4, 0.5) is 0 Å². The van der Waals surface area contributed by atoms with Crippen molar-refractivity contribution < 1.29 is 22.7 Å². The molecule has 0 aromatic heterocycles. The fourth-order valence-corrected chi connectivity index (χ4v) is 5.60. The summed E-state index contributed by atoms with van der Waals surface area (Å²) in [5.74, 6) is -1.07. The Kier molecular flexibility index (Phi) is 5.39. The highest BCUT2D eigenvalue weighted by molar-refractivity contribution is 7.93. The summed E-state index contributed by atoms with van der Waals surface area (Å²) in [7, 11) is -2.94. The maximum Gasteiger partial charge on any atom is 0.348 e. The number of ketones is 1. The molecule has 0 unspecified atom stereocenters. The fraction of sp³-hybridized carbons (Fsp3) is 0.438. The average molecular weight is 369 g/mol. The number of hydrogen-bond acceptors (Lipinski definition) is 6. The Hall–Kier alpha value is -1.80. The molecule has 8 heteroatoms. The Morgan fingerprint density at radius 3 is 2.46 bits per heavy atom. The number of esters is 1. The number of ether oxygens (including phenoxy) is 1. The average Bonchev–Trinajstić information content (AvgIpc) is 3.01. The van der Waals surface area contributed by atoms with Crippen molar-refractivity contribution in [2.75, 3.05) is 13.7 Å². The van der Waals surface area contributed by atoms with Gasteiger partial charge in [0.2, 0.25) is 14.7 Å². The first-order valence-corrected chi connectivity index (χ1v) is 9.34. The molecule has 1 aliphatic rings. The molecule has 0 bridgehead atoms. The van der Waals surface area contributed by atoms with Crippen LogP contribution in [-0.4, -0.2) is 48.6 Å². The van der Waals surface area contributed by atoms with E-state index >= 15 is 0 Å².